The highest BCUT2D eigenvalue weighted by Gasteiger charge is 2.25. The van der Waals surface area contributed by atoms with Crippen LogP contribution in [-0.2, 0) is 11.2 Å². The molecule has 2 nitrogen and oxygen atoms in total. The number of nitrogens with zero attached hydrogens (tertiary/aromatic N) is 1. The van der Waals surface area contributed by atoms with Crippen molar-refractivity contribution in [3.05, 3.63) is 47.7 Å². The van der Waals surface area contributed by atoms with Crippen LogP contribution in [0.15, 0.2) is 42.1 Å². The van der Waals surface area contributed by atoms with Crippen molar-refractivity contribution in [2.24, 2.45) is 5.92 Å². The van der Waals surface area contributed by atoms with Crippen LogP contribution in [-0.4, -0.2) is 31.2 Å². The van der Waals surface area contributed by atoms with Gasteiger partial charge in [-0.3, -0.25) is 0 Å². The topological polar surface area (TPSA) is 12.5 Å². The number of methoxy groups -OCH3 is 1. The second-order valence-corrected chi connectivity index (χ2v) is 6.12. The Bertz CT molecular complexity index is 440. The highest BCUT2D eigenvalue weighted by Crippen LogP contribution is 2.25. The second kappa shape index (κ2) is 8.23. The molecule has 0 aromatic heterocycles. The summed E-state index contributed by atoms with van der Waals surface area (Å²) < 4.78 is 5.38. The quantitative estimate of drug-likeness (QED) is 0.742. The van der Waals surface area contributed by atoms with Crippen LogP contribution in [0.4, 0.5) is 0 Å². The van der Waals surface area contributed by atoms with Gasteiger partial charge in [-0.05, 0) is 37.2 Å². The Kier molecular flexibility index (Phi) is 6.31. The van der Waals surface area contributed by atoms with E-state index in [0.717, 1.165) is 19.4 Å². The Morgan fingerprint density at radius 1 is 1.38 bits per heavy atom. The van der Waals surface area contributed by atoms with E-state index in [0.29, 0.717) is 12.0 Å². The van der Waals surface area contributed by atoms with Gasteiger partial charge in [0, 0.05) is 19.4 Å². The first kappa shape index (κ1) is 16.1. The molecule has 0 amide bonds. The van der Waals surface area contributed by atoms with Gasteiger partial charge in [-0.2, -0.15) is 0 Å². The molecule has 0 saturated carbocycles. The number of rotatable bonds is 7. The molecule has 1 saturated heterocycles. The Morgan fingerprint density at radius 2 is 2.14 bits per heavy atom. The first-order valence-electron chi connectivity index (χ1n) is 8.24. The van der Waals surface area contributed by atoms with Crippen molar-refractivity contribution >= 4 is 0 Å². The second-order valence-electron chi connectivity index (χ2n) is 6.12. The zero-order valence-electron chi connectivity index (χ0n) is 13.7. The zero-order valence-corrected chi connectivity index (χ0v) is 13.7. The first-order chi connectivity index (χ1) is 10.2. The van der Waals surface area contributed by atoms with E-state index in [4.69, 9.17) is 4.74 Å². The van der Waals surface area contributed by atoms with Crippen LogP contribution in [0.25, 0.3) is 0 Å². The predicted octanol–water partition coefficient (Wildman–Crippen LogP) is 4.27. The smallest absolute Gasteiger partial charge is 0.0666 e. The van der Waals surface area contributed by atoms with Crippen LogP contribution < -0.4 is 0 Å². The number of ether oxygens (including phenoxy) is 1. The highest BCUT2D eigenvalue weighted by molar-refractivity contribution is 5.17. The molecule has 2 rings (SSSR count). The van der Waals surface area contributed by atoms with Crippen molar-refractivity contribution in [2.45, 2.75) is 45.6 Å². The number of benzene rings is 1. The molecule has 0 N–H and O–H groups in total. The third kappa shape index (κ3) is 4.60. The van der Waals surface area contributed by atoms with Gasteiger partial charge in [0.1, 0.15) is 0 Å². The molecular formula is C19H29NO. The molecule has 1 fully saturated rings. The first-order valence-corrected chi connectivity index (χ1v) is 8.24. The van der Waals surface area contributed by atoms with Crippen molar-refractivity contribution in [1.82, 2.24) is 4.90 Å². The molecule has 0 radical (unpaired) electrons. The molecule has 2 atom stereocenters. The molecule has 1 heterocycles. The Hall–Kier alpha value is -1.28. The van der Waals surface area contributed by atoms with Gasteiger partial charge in [0.2, 0.25) is 0 Å². The highest BCUT2D eigenvalue weighted by atomic mass is 16.5. The molecule has 0 spiro atoms. The van der Waals surface area contributed by atoms with E-state index in [-0.39, 0.29) is 0 Å². The molecule has 2 heteroatoms. The normalized spacial score (nSPS) is 20.8. The van der Waals surface area contributed by atoms with Crippen molar-refractivity contribution in [3.63, 3.8) is 0 Å². The van der Waals surface area contributed by atoms with E-state index in [2.05, 4.69) is 55.2 Å². The van der Waals surface area contributed by atoms with Crippen LogP contribution in [0.5, 0.6) is 0 Å². The van der Waals surface area contributed by atoms with Crippen LogP contribution in [0.2, 0.25) is 0 Å². The Balaban J connectivity index is 2.01. The maximum absolute atomic E-state index is 5.38. The van der Waals surface area contributed by atoms with Crippen molar-refractivity contribution in [2.75, 3.05) is 20.3 Å². The Morgan fingerprint density at radius 3 is 2.81 bits per heavy atom. The van der Waals surface area contributed by atoms with E-state index >= 15 is 0 Å². The summed E-state index contributed by atoms with van der Waals surface area (Å²) in [6.45, 7) is 6.63. The minimum absolute atomic E-state index is 0.574. The molecule has 0 bridgehead atoms. The van der Waals surface area contributed by atoms with Gasteiger partial charge >= 0.3 is 0 Å². The average Bonchev–Trinajstić information content (AvgIpc) is 2.94. The van der Waals surface area contributed by atoms with Crippen molar-refractivity contribution in [3.8, 4) is 0 Å². The zero-order chi connectivity index (χ0) is 15.1. The van der Waals surface area contributed by atoms with Crippen molar-refractivity contribution in [1.29, 1.82) is 0 Å². The SMILES string of the molecule is CC/C(=C/[C@H](C)Cc1ccccc1)N1CCC[C@H]1COC. The van der Waals surface area contributed by atoms with Crippen LogP contribution in [0.3, 0.4) is 0 Å². The molecule has 1 aliphatic heterocycles. The molecule has 1 aliphatic rings. The minimum Gasteiger partial charge on any atom is -0.383 e. The predicted molar refractivity (Wildman–Crippen MR) is 89.3 cm³/mol. The van der Waals surface area contributed by atoms with Gasteiger partial charge in [-0.1, -0.05) is 50.3 Å². The van der Waals surface area contributed by atoms with Crippen LogP contribution in [0.1, 0.15) is 38.7 Å². The molecule has 0 unspecified atom stereocenters. The van der Waals surface area contributed by atoms with Gasteiger partial charge in [-0.25, -0.2) is 0 Å². The largest absolute Gasteiger partial charge is 0.383 e. The fourth-order valence-electron chi connectivity index (χ4n) is 3.37. The fourth-order valence-corrected chi connectivity index (χ4v) is 3.37. The lowest BCUT2D eigenvalue weighted by Crippen LogP contribution is -2.32. The van der Waals surface area contributed by atoms with Gasteiger partial charge in [0.15, 0.2) is 0 Å². The summed E-state index contributed by atoms with van der Waals surface area (Å²) in [5.41, 5.74) is 2.92. The lowest BCUT2D eigenvalue weighted by molar-refractivity contribution is 0.130. The molecule has 21 heavy (non-hydrogen) atoms. The van der Waals surface area contributed by atoms with Gasteiger partial charge in [0.25, 0.3) is 0 Å². The lowest BCUT2D eigenvalue weighted by atomic mass is 9.99. The Labute approximate surface area is 129 Å². The third-order valence-electron chi connectivity index (χ3n) is 4.34. The summed E-state index contributed by atoms with van der Waals surface area (Å²) >= 11 is 0. The van der Waals surface area contributed by atoms with E-state index in [9.17, 15) is 0 Å². The van der Waals surface area contributed by atoms with E-state index in [1.54, 1.807) is 0 Å². The average molecular weight is 287 g/mol. The monoisotopic (exact) mass is 287 g/mol. The number of likely N-dealkylation sites (tertiary alicyclic amines) is 1. The fraction of sp³-hybridized carbons (Fsp3) is 0.579. The van der Waals surface area contributed by atoms with E-state index in [1.807, 2.05) is 7.11 Å². The van der Waals surface area contributed by atoms with Gasteiger partial charge in [-0.15, -0.1) is 0 Å². The summed E-state index contributed by atoms with van der Waals surface area (Å²) in [5.74, 6) is 0.575. The third-order valence-corrected chi connectivity index (χ3v) is 4.34. The molecule has 1 aromatic rings. The van der Waals surface area contributed by atoms with Crippen molar-refractivity contribution < 1.29 is 4.74 Å². The lowest BCUT2D eigenvalue weighted by Gasteiger charge is -2.29. The maximum Gasteiger partial charge on any atom is 0.0666 e. The molecule has 0 aliphatic carbocycles. The molecule has 116 valence electrons. The van der Waals surface area contributed by atoms with E-state index in [1.165, 1.54) is 30.6 Å². The van der Waals surface area contributed by atoms with Gasteiger partial charge < -0.3 is 9.64 Å². The van der Waals surface area contributed by atoms with Crippen LogP contribution in [0, 0.1) is 5.92 Å². The molecule has 1 aromatic carbocycles. The standard InChI is InChI=1S/C19H29NO/c1-4-18(20-12-8-11-19(20)15-21-3)14-16(2)13-17-9-6-5-7-10-17/h5-7,9-10,14,16,19H,4,8,11-13,15H2,1-3H3/b18-14-/t16-,19+/m1/s1. The van der Waals surface area contributed by atoms with E-state index < -0.39 is 0 Å². The summed E-state index contributed by atoms with van der Waals surface area (Å²) in [4.78, 5) is 2.57. The summed E-state index contributed by atoms with van der Waals surface area (Å²) in [7, 11) is 1.81. The minimum atomic E-state index is 0.574. The summed E-state index contributed by atoms with van der Waals surface area (Å²) in [5, 5.41) is 0. The van der Waals surface area contributed by atoms with Gasteiger partial charge in [0.05, 0.1) is 12.6 Å². The summed E-state index contributed by atoms with van der Waals surface area (Å²) in [6, 6.07) is 11.4. The van der Waals surface area contributed by atoms with Crippen LogP contribution >= 0.6 is 0 Å². The molecular weight excluding hydrogens is 258 g/mol. The maximum atomic E-state index is 5.38. The number of hydrogen-bond donors (Lipinski definition) is 0. The number of allylic oxidation sites excluding steroid dienone is 2. The summed E-state index contributed by atoms with van der Waals surface area (Å²) in [6.07, 6.45) is 7.25. The number of hydrogen-bond acceptors (Lipinski definition) is 2.